The second-order valence-corrected chi connectivity index (χ2v) is 6.36. The molecular formula is C18H25NO. The molecule has 1 aliphatic heterocycles. The SMILES string of the molecule is CCC(=O)c1ccc(N2CCC3CCCCC3C2)cc1. The Hall–Kier alpha value is -1.31. The molecule has 1 saturated carbocycles. The third-order valence-electron chi connectivity index (χ3n) is 5.17. The number of nitrogens with zero attached hydrogens (tertiary/aromatic N) is 1. The molecule has 3 rings (SSSR count). The Morgan fingerprint density at radius 3 is 2.50 bits per heavy atom. The number of carbonyl (C=O) groups is 1. The average Bonchev–Trinajstić information content (AvgIpc) is 2.54. The fourth-order valence-electron chi connectivity index (χ4n) is 3.90. The lowest BCUT2D eigenvalue weighted by Gasteiger charge is -2.42. The summed E-state index contributed by atoms with van der Waals surface area (Å²) in [5, 5.41) is 0. The summed E-state index contributed by atoms with van der Waals surface area (Å²) in [5.74, 6) is 2.11. The summed E-state index contributed by atoms with van der Waals surface area (Å²) < 4.78 is 0. The first-order valence-corrected chi connectivity index (χ1v) is 8.16. The van der Waals surface area contributed by atoms with E-state index < -0.39 is 0 Å². The van der Waals surface area contributed by atoms with E-state index in [-0.39, 0.29) is 5.78 Å². The lowest BCUT2D eigenvalue weighted by molar-refractivity contribution is 0.0988. The van der Waals surface area contributed by atoms with Crippen molar-refractivity contribution in [2.45, 2.75) is 45.4 Å². The van der Waals surface area contributed by atoms with Gasteiger partial charge in [0.05, 0.1) is 0 Å². The van der Waals surface area contributed by atoms with E-state index in [0.29, 0.717) is 6.42 Å². The van der Waals surface area contributed by atoms with Gasteiger partial charge in [-0.2, -0.15) is 0 Å². The molecule has 2 heteroatoms. The zero-order valence-electron chi connectivity index (χ0n) is 12.5. The van der Waals surface area contributed by atoms with E-state index in [1.54, 1.807) is 0 Å². The Morgan fingerprint density at radius 1 is 1.10 bits per heavy atom. The Balaban J connectivity index is 1.68. The van der Waals surface area contributed by atoms with Crippen molar-refractivity contribution in [2.75, 3.05) is 18.0 Å². The third-order valence-corrected chi connectivity index (χ3v) is 5.17. The molecule has 20 heavy (non-hydrogen) atoms. The van der Waals surface area contributed by atoms with Gasteiger partial charge in [0.1, 0.15) is 0 Å². The Morgan fingerprint density at radius 2 is 1.80 bits per heavy atom. The molecule has 2 aliphatic rings. The van der Waals surface area contributed by atoms with Crippen molar-refractivity contribution < 1.29 is 4.79 Å². The summed E-state index contributed by atoms with van der Waals surface area (Å²) in [7, 11) is 0. The van der Waals surface area contributed by atoms with Gasteiger partial charge in [-0.15, -0.1) is 0 Å². The Bertz CT molecular complexity index is 465. The fraction of sp³-hybridized carbons (Fsp3) is 0.611. The first-order valence-electron chi connectivity index (χ1n) is 8.16. The molecule has 1 aliphatic carbocycles. The van der Waals surface area contributed by atoms with Crippen LogP contribution >= 0.6 is 0 Å². The molecule has 2 fully saturated rings. The molecule has 2 atom stereocenters. The topological polar surface area (TPSA) is 20.3 Å². The van der Waals surface area contributed by atoms with E-state index in [1.165, 1.54) is 50.9 Å². The number of rotatable bonds is 3. The molecule has 108 valence electrons. The average molecular weight is 271 g/mol. The molecule has 0 aromatic heterocycles. The minimum absolute atomic E-state index is 0.238. The Labute approximate surface area is 122 Å². The minimum atomic E-state index is 0.238. The van der Waals surface area contributed by atoms with Crippen LogP contribution in [-0.4, -0.2) is 18.9 Å². The maximum atomic E-state index is 11.7. The van der Waals surface area contributed by atoms with Gasteiger partial charge in [-0.3, -0.25) is 4.79 Å². The third kappa shape index (κ3) is 2.74. The highest BCUT2D eigenvalue weighted by Crippen LogP contribution is 2.37. The van der Waals surface area contributed by atoms with Crippen LogP contribution in [0.1, 0.15) is 55.8 Å². The zero-order chi connectivity index (χ0) is 13.9. The van der Waals surface area contributed by atoms with Crippen molar-refractivity contribution in [3.05, 3.63) is 29.8 Å². The fourth-order valence-corrected chi connectivity index (χ4v) is 3.90. The van der Waals surface area contributed by atoms with Crippen LogP contribution in [-0.2, 0) is 0 Å². The quantitative estimate of drug-likeness (QED) is 0.764. The van der Waals surface area contributed by atoms with Crippen molar-refractivity contribution in [3.8, 4) is 0 Å². The normalized spacial score (nSPS) is 26.1. The predicted octanol–water partition coefficient (Wildman–Crippen LogP) is 4.30. The monoisotopic (exact) mass is 271 g/mol. The van der Waals surface area contributed by atoms with Gasteiger partial charge in [0, 0.05) is 30.8 Å². The van der Waals surface area contributed by atoms with Crippen LogP contribution < -0.4 is 4.90 Å². The van der Waals surface area contributed by atoms with Gasteiger partial charge in [-0.05, 0) is 48.9 Å². The molecule has 0 N–H and O–H groups in total. The van der Waals surface area contributed by atoms with Crippen molar-refractivity contribution in [2.24, 2.45) is 11.8 Å². The van der Waals surface area contributed by atoms with Gasteiger partial charge < -0.3 is 4.90 Å². The molecule has 0 radical (unpaired) electrons. The highest BCUT2D eigenvalue weighted by molar-refractivity contribution is 5.96. The highest BCUT2D eigenvalue weighted by Gasteiger charge is 2.31. The van der Waals surface area contributed by atoms with E-state index in [4.69, 9.17) is 0 Å². The molecule has 1 saturated heterocycles. The number of hydrogen-bond acceptors (Lipinski definition) is 2. The first kappa shape index (κ1) is 13.7. The number of carbonyl (C=O) groups excluding carboxylic acids is 1. The molecule has 2 unspecified atom stereocenters. The van der Waals surface area contributed by atoms with Crippen molar-refractivity contribution in [1.29, 1.82) is 0 Å². The summed E-state index contributed by atoms with van der Waals surface area (Å²) in [6, 6.07) is 8.25. The van der Waals surface area contributed by atoms with Gasteiger partial charge in [-0.1, -0.05) is 26.2 Å². The van der Waals surface area contributed by atoms with Crippen LogP contribution in [0.15, 0.2) is 24.3 Å². The van der Waals surface area contributed by atoms with Crippen molar-refractivity contribution in [3.63, 3.8) is 0 Å². The van der Waals surface area contributed by atoms with Gasteiger partial charge in [0.25, 0.3) is 0 Å². The maximum absolute atomic E-state index is 11.7. The summed E-state index contributed by atoms with van der Waals surface area (Å²) in [5.41, 5.74) is 2.14. The number of Topliss-reactive ketones (excluding diaryl/α,β-unsaturated/α-hetero) is 1. The smallest absolute Gasteiger partial charge is 0.162 e. The second-order valence-electron chi connectivity index (χ2n) is 6.36. The number of ketones is 1. The molecule has 2 nitrogen and oxygen atoms in total. The van der Waals surface area contributed by atoms with Crippen molar-refractivity contribution in [1.82, 2.24) is 0 Å². The number of anilines is 1. The molecule has 0 spiro atoms. The van der Waals surface area contributed by atoms with E-state index in [2.05, 4.69) is 17.0 Å². The van der Waals surface area contributed by atoms with E-state index in [0.717, 1.165) is 17.4 Å². The number of fused-ring (bicyclic) bond motifs is 1. The van der Waals surface area contributed by atoms with Crippen LogP contribution in [0.25, 0.3) is 0 Å². The van der Waals surface area contributed by atoms with Gasteiger partial charge in [0.15, 0.2) is 5.78 Å². The number of piperidine rings is 1. The summed E-state index contributed by atoms with van der Waals surface area (Å²) in [4.78, 5) is 14.2. The van der Waals surface area contributed by atoms with E-state index >= 15 is 0 Å². The van der Waals surface area contributed by atoms with Crippen LogP contribution in [0.2, 0.25) is 0 Å². The molecular weight excluding hydrogens is 246 g/mol. The minimum Gasteiger partial charge on any atom is -0.371 e. The summed E-state index contributed by atoms with van der Waals surface area (Å²) in [6.07, 6.45) is 7.65. The van der Waals surface area contributed by atoms with Crippen LogP contribution in [0, 0.1) is 11.8 Å². The predicted molar refractivity (Wildman–Crippen MR) is 83.3 cm³/mol. The van der Waals surface area contributed by atoms with Gasteiger partial charge in [-0.25, -0.2) is 0 Å². The molecule has 1 heterocycles. The van der Waals surface area contributed by atoms with Gasteiger partial charge in [0.2, 0.25) is 0 Å². The summed E-state index contributed by atoms with van der Waals surface area (Å²) in [6.45, 7) is 4.32. The first-order chi connectivity index (χ1) is 9.78. The summed E-state index contributed by atoms with van der Waals surface area (Å²) >= 11 is 0. The van der Waals surface area contributed by atoms with Crippen LogP contribution in [0.4, 0.5) is 5.69 Å². The highest BCUT2D eigenvalue weighted by atomic mass is 16.1. The van der Waals surface area contributed by atoms with Crippen molar-refractivity contribution >= 4 is 11.5 Å². The Kier molecular flexibility index (Phi) is 4.09. The van der Waals surface area contributed by atoms with Gasteiger partial charge >= 0.3 is 0 Å². The zero-order valence-corrected chi connectivity index (χ0v) is 12.5. The molecule has 1 aromatic rings. The lowest BCUT2D eigenvalue weighted by atomic mass is 9.75. The van der Waals surface area contributed by atoms with Crippen LogP contribution in [0.3, 0.4) is 0 Å². The number of hydrogen-bond donors (Lipinski definition) is 0. The van der Waals surface area contributed by atoms with Crippen LogP contribution in [0.5, 0.6) is 0 Å². The lowest BCUT2D eigenvalue weighted by Crippen LogP contribution is -2.41. The second kappa shape index (κ2) is 5.99. The molecule has 0 bridgehead atoms. The standard InChI is InChI=1S/C18H25NO/c1-2-18(20)15-7-9-17(10-8-15)19-12-11-14-5-3-4-6-16(14)13-19/h7-10,14,16H,2-6,11-13H2,1H3. The van der Waals surface area contributed by atoms with E-state index in [1.807, 2.05) is 19.1 Å². The maximum Gasteiger partial charge on any atom is 0.162 e. The largest absolute Gasteiger partial charge is 0.371 e. The molecule has 0 amide bonds. The number of benzene rings is 1. The molecule has 1 aromatic carbocycles. The van der Waals surface area contributed by atoms with E-state index in [9.17, 15) is 4.79 Å².